The fraction of sp³-hybridized carbons (Fsp3) is 0.667. The van der Waals surface area contributed by atoms with Gasteiger partial charge in [0.25, 0.3) is 0 Å². The summed E-state index contributed by atoms with van der Waals surface area (Å²) < 4.78 is 1.43. The molecule has 0 saturated heterocycles. The van der Waals surface area contributed by atoms with Crippen molar-refractivity contribution in [2.75, 3.05) is 13.6 Å². The highest BCUT2D eigenvalue weighted by Gasteiger charge is 2.24. The molecular formula is C12H20N6O2. The molecule has 2 amide bonds. The van der Waals surface area contributed by atoms with Crippen molar-refractivity contribution in [1.29, 1.82) is 0 Å². The quantitative estimate of drug-likeness (QED) is 0.697. The van der Waals surface area contributed by atoms with Crippen molar-refractivity contribution < 1.29 is 9.59 Å². The van der Waals surface area contributed by atoms with Crippen molar-refractivity contribution in [3.63, 3.8) is 0 Å². The summed E-state index contributed by atoms with van der Waals surface area (Å²) in [4.78, 5) is 24.9. The molecule has 1 fully saturated rings. The van der Waals surface area contributed by atoms with Crippen molar-refractivity contribution in [3.05, 3.63) is 11.9 Å². The van der Waals surface area contributed by atoms with E-state index in [0.717, 1.165) is 12.8 Å². The Hall–Kier alpha value is -1.96. The van der Waals surface area contributed by atoms with Crippen LogP contribution in [0.2, 0.25) is 0 Å². The second-order valence-electron chi connectivity index (χ2n) is 5.22. The molecule has 0 radical (unpaired) electrons. The van der Waals surface area contributed by atoms with E-state index in [1.54, 1.807) is 20.2 Å². The Morgan fingerprint density at radius 3 is 2.85 bits per heavy atom. The van der Waals surface area contributed by atoms with E-state index in [0.29, 0.717) is 11.7 Å². The number of hydrogen-bond donors (Lipinski definition) is 2. The van der Waals surface area contributed by atoms with Crippen LogP contribution < -0.4 is 11.1 Å². The lowest BCUT2D eigenvalue weighted by molar-refractivity contribution is -0.135. The van der Waals surface area contributed by atoms with Crippen LogP contribution in [0.3, 0.4) is 0 Å². The topological polar surface area (TPSA) is 106 Å². The van der Waals surface area contributed by atoms with Crippen LogP contribution in [0.4, 0.5) is 0 Å². The molecular weight excluding hydrogens is 260 g/mol. The van der Waals surface area contributed by atoms with Crippen LogP contribution >= 0.6 is 0 Å². The second kappa shape index (κ2) is 6.00. The average molecular weight is 280 g/mol. The standard InChI is InChI=1S/C12H20N6O2/c1-8(13)10-5-18(16-15-10)7-12(20)17(2)6-11(19)14-9-3-4-9/h5,8-9H,3-4,6-7,13H2,1-2H3,(H,14,19). The Morgan fingerprint density at radius 2 is 2.30 bits per heavy atom. The van der Waals surface area contributed by atoms with Crippen LogP contribution in [-0.4, -0.2) is 51.3 Å². The summed E-state index contributed by atoms with van der Waals surface area (Å²) in [5.74, 6) is -0.324. The fourth-order valence-electron chi connectivity index (χ4n) is 1.66. The van der Waals surface area contributed by atoms with Crippen LogP contribution in [0.1, 0.15) is 31.5 Å². The zero-order valence-electron chi connectivity index (χ0n) is 11.7. The number of carbonyl (C=O) groups excluding carboxylic acids is 2. The van der Waals surface area contributed by atoms with Gasteiger partial charge in [0.15, 0.2) is 0 Å². The number of aromatic nitrogens is 3. The van der Waals surface area contributed by atoms with E-state index in [1.807, 2.05) is 0 Å². The number of nitrogens with one attached hydrogen (secondary N) is 1. The maximum atomic E-state index is 12.0. The number of nitrogens with two attached hydrogens (primary N) is 1. The molecule has 1 aromatic heterocycles. The van der Waals surface area contributed by atoms with E-state index < -0.39 is 0 Å². The van der Waals surface area contributed by atoms with Gasteiger partial charge in [0.1, 0.15) is 6.54 Å². The van der Waals surface area contributed by atoms with Gasteiger partial charge in [-0.25, -0.2) is 4.68 Å². The van der Waals surface area contributed by atoms with E-state index in [4.69, 9.17) is 5.73 Å². The molecule has 8 nitrogen and oxygen atoms in total. The first kappa shape index (κ1) is 14.4. The van der Waals surface area contributed by atoms with Crippen molar-refractivity contribution in [1.82, 2.24) is 25.2 Å². The Labute approximate surface area is 117 Å². The molecule has 1 unspecified atom stereocenters. The van der Waals surface area contributed by atoms with Gasteiger partial charge >= 0.3 is 0 Å². The summed E-state index contributed by atoms with van der Waals surface area (Å²) >= 11 is 0. The Morgan fingerprint density at radius 1 is 1.60 bits per heavy atom. The summed E-state index contributed by atoms with van der Waals surface area (Å²) in [5.41, 5.74) is 6.30. The average Bonchev–Trinajstić information content (AvgIpc) is 3.04. The van der Waals surface area contributed by atoms with Gasteiger partial charge in [-0.2, -0.15) is 0 Å². The van der Waals surface area contributed by atoms with Crippen molar-refractivity contribution >= 4 is 11.8 Å². The second-order valence-corrected chi connectivity index (χ2v) is 5.22. The Balaban J connectivity index is 1.81. The third kappa shape index (κ3) is 4.02. The summed E-state index contributed by atoms with van der Waals surface area (Å²) in [6.07, 6.45) is 3.70. The van der Waals surface area contributed by atoms with E-state index >= 15 is 0 Å². The third-order valence-electron chi connectivity index (χ3n) is 3.07. The third-order valence-corrected chi connectivity index (χ3v) is 3.07. The first-order valence-corrected chi connectivity index (χ1v) is 6.64. The van der Waals surface area contributed by atoms with Crippen molar-refractivity contribution in [2.45, 2.75) is 38.4 Å². The molecule has 2 rings (SSSR count). The lowest BCUT2D eigenvalue weighted by Crippen LogP contribution is -2.40. The molecule has 1 atom stereocenters. The van der Waals surface area contributed by atoms with Gasteiger partial charge in [0.05, 0.1) is 18.4 Å². The summed E-state index contributed by atoms with van der Waals surface area (Å²) in [5, 5.41) is 10.5. The molecule has 20 heavy (non-hydrogen) atoms. The lowest BCUT2D eigenvalue weighted by Gasteiger charge is -2.16. The van der Waals surface area contributed by atoms with Crippen molar-refractivity contribution in [2.24, 2.45) is 5.73 Å². The Bertz CT molecular complexity index is 494. The van der Waals surface area contributed by atoms with E-state index in [9.17, 15) is 9.59 Å². The maximum absolute atomic E-state index is 12.0. The molecule has 8 heteroatoms. The van der Waals surface area contributed by atoms with Crippen LogP contribution in [0, 0.1) is 0 Å². The highest BCUT2D eigenvalue weighted by Crippen LogP contribution is 2.18. The first-order chi connectivity index (χ1) is 9.45. The van der Waals surface area contributed by atoms with Gasteiger partial charge in [-0.3, -0.25) is 9.59 Å². The zero-order valence-corrected chi connectivity index (χ0v) is 11.7. The molecule has 1 aromatic rings. The number of hydrogen-bond acceptors (Lipinski definition) is 5. The van der Waals surface area contributed by atoms with E-state index in [2.05, 4.69) is 15.6 Å². The fourth-order valence-corrected chi connectivity index (χ4v) is 1.66. The molecule has 0 aliphatic heterocycles. The molecule has 1 aliphatic carbocycles. The molecule has 0 bridgehead atoms. The Kier molecular flexibility index (Phi) is 4.33. The number of likely N-dealkylation sites (N-methyl/N-ethyl adjacent to an activating group) is 1. The van der Waals surface area contributed by atoms with Gasteiger partial charge in [-0.05, 0) is 19.8 Å². The largest absolute Gasteiger partial charge is 0.352 e. The van der Waals surface area contributed by atoms with Crippen molar-refractivity contribution in [3.8, 4) is 0 Å². The van der Waals surface area contributed by atoms with E-state index in [-0.39, 0.29) is 30.9 Å². The number of rotatable bonds is 6. The van der Waals surface area contributed by atoms with Gasteiger partial charge in [0.2, 0.25) is 11.8 Å². The molecule has 1 saturated carbocycles. The predicted octanol–water partition coefficient (Wildman–Crippen LogP) is -0.965. The molecule has 1 heterocycles. The molecule has 0 spiro atoms. The lowest BCUT2D eigenvalue weighted by atomic mass is 10.3. The predicted molar refractivity (Wildman–Crippen MR) is 71.4 cm³/mol. The minimum absolute atomic E-state index is 0.0485. The highest BCUT2D eigenvalue weighted by atomic mass is 16.2. The monoisotopic (exact) mass is 280 g/mol. The van der Waals surface area contributed by atoms with Crippen LogP contribution in [-0.2, 0) is 16.1 Å². The molecule has 3 N–H and O–H groups in total. The molecule has 0 aromatic carbocycles. The summed E-state index contributed by atoms with van der Waals surface area (Å²) in [6, 6.07) is 0.0795. The van der Waals surface area contributed by atoms with Crippen LogP contribution in [0.15, 0.2) is 6.20 Å². The zero-order chi connectivity index (χ0) is 14.7. The normalized spacial score (nSPS) is 15.8. The summed E-state index contributed by atoms with van der Waals surface area (Å²) in [6.45, 7) is 1.90. The highest BCUT2D eigenvalue weighted by molar-refractivity contribution is 5.84. The number of amides is 2. The van der Waals surface area contributed by atoms with Gasteiger partial charge in [-0.1, -0.05) is 5.21 Å². The van der Waals surface area contributed by atoms with Gasteiger partial charge < -0.3 is 16.0 Å². The SMILES string of the molecule is CC(N)c1cn(CC(=O)N(C)CC(=O)NC2CC2)nn1. The minimum Gasteiger partial charge on any atom is -0.352 e. The molecule has 110 valence electrons. The number of nitrogens with zero attached hydrogens (tertiary/aromatic N) is 4. The molecule has 1 aliphatic rings. The minimum atomic E-state index is -0.221. The number of carbonyl (C=O) groups is 2. The smallest absolute Gasteiger partial charge is 0.244 e. The van der Waals surface area contributed by atoms with Crippen LogP contribution in [0.25, 0.3) is 0 Å². The maximum Gasteiger partial charge on any atom is 0.244 e. The van der Waals surface area contributed by atoms with E-state index in [1.165, 1.54) is 9.58 Å². The van der Waals surface area contributed by atoms with Gasteiger partial charge in [0, 0.05) is 19.1 Å². The summed E-state index contributed by atoms with van der Waals surface area (Å²) in [7, 11) is 1.60. The van der Waals surface area contributed by atoms with Gasteiger partial charge in [-0.15, -0.1) is 5.10 Å². The van der Waals surface area contributed by atoms with Crippen LogP contribution in [0.5, 0.6) is 0 Å². The first-order valence-electron chi connectivity index (χ1n) is 6.64.